The summed E-state index contributed by atoms with van der Waals surface area (Å²) in [6.07, 6.45) is 0. The lowest BCUT2D eigenvalue weighted by Crippen LogP contribution is -2.22. The molecule has 0 radical (unpaired) electrons. The lowest BCUT2D eigenvalue weighted by Gasteiger charge is -2.14. The second kappa shape index (κ2) is 10.5. The van der Waals surface area contributed by atoms with E-state index in [4.69, 9.17) is 23.2 Å². The van der Waals surface area contributed by atoms with Crippen molar-refractivity contribution in [3.8, 4) is 0 Å². The molecule has 3 aromatic rings. The molecular formula is C23H18Cl2N2O4S. The topological polar surface area (TPSA) is 95.5 Å². The van der Waals surface area contributed by atoms with E-state index in [9.17, 15) is 19.5 Å². The van der Waals surface area contributed by atoms with Crippen molar-refractivity contribution in [3.05, 3.63) is 87.9 Å². The van der Waals surface area contributed by atoms with Gasteiger partial charge in [0.15, 0.2) is 0 Å². The fourth-order valence-electron chi connectivity index (χ4n) is 2.84. The molecule has 2 amide bonds. The number of halogens is 2. The predicted octanol–water partition coefficient (Wildman–Crippen LogP) is 6.06. The molecule has 0 saturated carbocycles. The van der Waals surface area contributed by atoms with Crippen molar-refractivity contribution >= 4 is 64.1 Å². The van der Waals surface area contributed by atoms with Crippen LogP contribution in [0.1, 0.15) is 27.6 Å². The van der Waals surface area contributed by atoms with Gasteiger partial charge in [-0.2, -0.15) is 0 Å². The molecule has 0 heterocycles. The number of nitrogens with one attached hydrogen (secondary N) is 2. The Morgan fingerprint density at radius 1 is 0.844 bits per heavy atom. The largest absolute Gasteiger partial charge is 0.478 e. The Hall–Kier alpha value is -3.00. The van der Waals surface area contributed by atoms with Crippen LogP contribution in [-0.2, 0) is 4.79 Å². The van der Waals surface area contributed by atoms with Gasteiger partial charge in [0.05, 0.1) is 16.4 Å². The Morgan fingerprint density at radius 3 is 2.16 bits per heavy atom. The van der Waals surface area contributed by atoms with E-state index in [1.165, 1.54) is 23.9 Å². The Kier molecular flexibility index (Phi) is 7.80. The van der Waals surface area contributed by atoms with E-state index in [-0.39, 0.29) is 17.0 Å². The van der Waals surface area contributed by atoms with Crippen molar-refractivity contribution in [2.24, 2.45) is 0 Å². The van der Waals surface area contributed by atoms with Crippen LogP contribution in [0.4, 0.5) is 11.4 Å². The molecule has 0 aliphatic carbocycles. The average molecular weight is 489 g/mol. The fraction of sp³-hybridized carbons (Fsp3) is 0.0870. The maximum absolute atomic E-state index is 12.6. The summed E-state index contributed by atoms with van der Waals surface area (Å²) in [5.41, 5.74) is 0.959. The number of amides is 2. The van der Waals surface area contributed by atoms with Crippen LogP contribution in [0.15, 0.2) is 71.6 Å². The van der Waals surface area contributed by atoms with E-state index < -0.39 is 17.1 Å². The molecule has 0 spiro atoms. The van der Waals surface area contributed by atoms with Gasteiger partial charge in [0.1, 0.15) is 0 Å². The quantitative estimate of drug-likeness (QED) is 0.351. The van der Waals surface area contributed by atoms with Gasteiger partial charge in [0.2, 0.25) is 5.91 Å². The number of carbonyl (C=O) groups excluding carboxylic acids is 2. The predicted molar refractivity (Wildman–Crippen MR) is 128 cm³/mol. The molecule has 0 bridgehead atoms. The third-order valence-corrected chi connectivity index (χ3v) is 5.84. The number of carboxylic acids is 1. The van der Waals surface area contributed by atoms with Crippen molar-refractivity contribution < 1.29 is 19.5 Å². The molecule has 164 valence electrons. The summed E-state index contributed by atoms with van der Waals surface area (Å²) in [6, 6.07) is 17.7. The van der Waals surface area contributed by atoms with Gasteiger partial charge in [0.25, 0.3) is 5.91 Å². The van der Waals surface area contributed by atoms with Crippen LogP contribution >= 0.6 is 35.0 Å². The maximum atomic E-state index is 12.6. The van der Waals surface area contributed by atoms with Crippen molar-refractivity contribution in [2.45, 2.75) is 17.1 Å². The summed E-state index contributed by atoms with van der Waals surface area (Å²) >= 11 is 13.2. The second-order valence-electron chi connectivity index (χ2n) is 6.74. The van der Waals surface area contributed by atoms with Crippen molar-refractivity contribution in [1.82, 2.24) is 0 Å². The lowest BCUT2D eigenvalue weighted by molar-refractivity contribution is -0.115. The minimum atomic E-state index is -1.18. The molecule has 0 aliphatic rings. The van der Waals surface area contributed by atoms with Gasteiger partial charge >= 0.3 is 5.97 Å². The van der Waals surface area contributed by atoms with E-state index in [1.54, 1.807) is 55.5 Å². The number of anilines is 2. The molecule has 9 heteroatoms. The van der Waals surface area contributed by atoms with Gasteiger partial charge < -0.3 is 15.7 Å². The Bertz CT molecular complexity index is 1170. The molecule has 3 N–H and O–H groups in total. The molecule has 3 rings (SSSR count). The number of aromatic carboxylic acids is 1. The van der Waals surface area contributed by atoms with Gasteiger partial charge in [-0.15, -0.1) is 11.8 Å². The number of carboxylic acid groups (broad SMARTS) is 1. The molecule has 32 heavy (non-hydrogen) atoms. The van der Waals surface area contributed by atoms with E-state index in [2.05, 4.69) is 10.6 Å². The lowest BCUT2D eigenvalue weighted by atomic mass is 10.1. The monoisotopic (exact) mass is 488 g/mol. The Labute approximate surface area is 198 Å². The Morgan fingerprint density at radius 2 is 1.50 bits per heavy atom. The van der Waals surface area contributed by atoms with Gasteiger partial charge in [-0.3, -0.25) is 9.59 Å². The van der Waals surface area contributed by atoms with E-state index >= 15 is 0 Å². The molecule has 3 aromatic carbocycles. The first-order chi connectivity index (χ1) is 15.2. The number of rotatable bonds is 7. The minimum absolute atomic E-state index is 0.0611. The molecule has 0 aromatic heterocycles. The number of benzene rings is 3. The van der Waals surface area contributed by atoms with Crippen LogP contribution in [0.3, 0.4) is 0 Å². The highest BCUT2D eigenvalue weighted by Gasteiger charge is 2.18. The van der Waals surface area contributed by atoms with Gasteiger partial charge in [0, 0.05) is 26.3 Å². The zero-order chi connectivity index (χ0) is 23.3. The number of carbonyl (C=O) groups is 3. The van der Waals surface area contributed by atoms with Crippen LogP contribution in [0.5, 0.6) is 0 Å². The Balaban J connectivity index is 1.67. The maximum Gasteiger partial charge on any atom is 0.336 e. The van der Waals surface area contributed by atoms with Gasteiger partial charge in [-0.25, -0.2) is 4.79 Å². The van der Waals surface area contributed by atoms with E-state index in [1.807, 2.05) is 6.07 Å². The second-order valence-corrected chi connectivity index (χ2v) is 9.03. The summed E-state index contributed by atoms with van der Waals surface area (Å²) in [6.45, 7) is 1.75. The van der Waals surface area contributed by atoms with Gasteiger partial charge in [-0.05, 0) is 55.5 Å². The number of hydrogen-bond acceptors (Lipinski definition) is 4. The smallest absolute Gasteiger partial charge is 0.336 e. The molecule has 1 atom stereocenters. The first-order valence-electron chi connectivity index (χ1n) is 9.40. The summed E-state index contributed by atoms with van der Waals surface area (Å²) in [5, 5.41) is 15.1. The van der Waals surface area contributed by atoms with Crippen LogP contribution in [0.2, 0.25) is 10.0 Å². The normalized spacial score (nSPS) is 11.5. The van der Waals surface area contributed by atoms with Crippen LogP contribution in [0, 0.1) is 0 Å². The first-order valence-corrected chi connectivity index (χ1v) is 11.0. The highest BCUT2D eigenvalue weighted by atomic mass is 35.5. The summed E-state index contributed by atoms with van der Waals surface area (Å²) in [7, 11) is 0. The van der Waals surface area contributed by atoms with Crippen LogP contribution in [0.25, 0.3) is 0 Å². The average Bonchev–Trinajstić information content (AvgIpc) is 2.73. The molecule has 6 nitrogen and oxygen atoms in total. The summed E-state index contributed by atoms with van der Waals surface area (Å²) in [5.74, 6) is -1.95. The molecule has 0 saturated heterocycles. The minimum Gasteiger partial charge on any atom is -0.478 e. The SMILES string of the molecule is CC(Sc1cccc(NC(=O)c2ccccc2C(=O)O)c1)C(=O)Nc1cc(Cl)cc(Cl)c1. The molecule has 1 unspecified atom stereocenters. The van der Waals surface area contributed by atoms with E-state index in [0.29, 0.717) is 21.4 Å². The van der Waals surface area contributed by atoms with Gasteiger partial charge in [-0.1, -0.05) is 41.4 Å². The molecule has 0 aliphatic heterocycles. The third-order valence-electron chi connectivity index (χ3n) is 4.31. The third kappa shape index (κ3) is 6.26. The summed E-state index contributed by atoms with van der Waals surface area (Å²) < 4.78 is 0. The van der Waals surface area contributed by atoms with E-state index in [0.717, 1.165) is 4.90 Å². The fourth-order valence-corrected chi connectivity index (χ4v) is 4.29. The highest BCUT2D eigenvalue weighted by molar-refractivity contribution is 8.00. The van der Waals surface area contributed by atoms with Crippen LogP contribution < -0.4 is 10.6 Å². The first kappa shape index (κ1) is 23.7. The van der Waals surface area contributed by atoms with Crippen LogP contribution in [-0.4, -0.2) is 28.1 Å². The number of thioether (sulfide) groups is 1. The summed E-state index contributed by atoms with van der Waals surface area (Å²) in [4.78, 5) is 37.2. The zero-order valence-electron chi connectivity index (χ0n) is 16.8. The van der Waals surface area contributed by atoms with Crippen molar-refractivity contribution in [3.63, 3.8) is 0 Å². The highest BCUT2D eigenvalue weighted by Crippen LogP contribution is 2.28. The zero-order valence-corrected chi connectivity index (χ0v) is 19.1. The standard InChI is InChI=1S/C23H18Cl2N2O4S/c1-13(21(28)27-17-10-14(24)9-15(25)11-17)32-18-6-4-5-16(12-18)26-22(29)19-7-2-3-8-20(19)23(30)31/h2-13H,1H3,(H,26,29)(H,27,28)(H,30,31). The number of hydrogen-bond donors (Lipinski definition) is 3. The molecular weight excluding hydrogens is 471 g/mol. The van der Waals surface area contributed by atoms with Crippen molar-refractivity contribution in [2.75, 3.05) is 10.6 Å². The molecule has 0 fully saturated rings. The van der Waals surface area contributed by atoms with Crippen molar-refractivity contribution in [1.29, 1.82) is 0 Å².